The smallest absolute Gasteiger partial charge is 0.243 e. The Kier molecular flexibility index (Phi) is 3.57. The van der Waals surface area contributed by atoms with Crippen molar-refractivity contribution in [1.29, 1.82) is 0 Å². The van der Waals surface area contributed by atoms with Crippen LogP contribution in [0.2, 0.25) is 5.02 Å². The second kappa shape index (κ2) is 4.98. The fourth-order valence-corrected chi connectivity index (χ4v) is 4.74. The molecule has 1 saturated heterocycles. The summed E-state index contributed by atoms with van der Waals surface area (Å²) in [4.78, 5) is 0.230. The van der Waals surface area contributed by atoms with Crippen LogP contribution in [0, 0.1) is 5.92 Å². The summed E-state index contributed by atoms with van der Waals surface area (Å²) in [5.41, 5.74) is -0.622. The summed E-state index contributed by atoms with van der Waals surface area (Å²) in [5, 5.41) is 10.6. The first-order valence-electron chi connectivity index (χ1n) is 6.90. The molecule has 4 nitrogen and oxygen atoms in total. The summed E-state index contributed by atoms with van der Waals surface area (Å²) in [5.74, 6) is 0.0604. The Bertz CT molecular complexity index is 613. The Hall–Kier alpha value is -0.620. The van der Waals surface area contributed by atoms with Gasteiger partial charge >= 0.3 is 0 Å². The zero-order valence-electron chi connectivity index (χ0n) is 11.1. The zero-order chi connectivity index (χ0) is 14.4. The molecule has 1 atom stereocenters. The van der Waals surface area contributed by atoms with E-state index in [9.17, 15) is 13.5 Å². The largest absolute Gasteiger partial charge is 0.390 e. The highest BCUT2D eigenvalue weighted by molar-refractivity contribution is 7.89. The Morgan fingerprint density at radius 2 is 2.10 bits per heavy atom. The molecule has 1 unspecified atom stereocenters. The van der Waals surface area contributed by atoms with Crippen molar-refractivity contribution < 1.29 is 13.5 Å². The third kappa shape index (κ3) is 2.60. The van der Waals surface area contributed by atoms with Crippen LogP contribution in [-0.4, -0.2) is 36.5 Å². The number of rotatable bonds is 3. The first kappa shape index (κ1) is 14.3. The Balaban J connectivity index is 1.84. The topological polar surface area (TPSA) is 57.6 Å². The van der Waals surface area contributed by atoms with E-state index in [-0.39, 0.29) is 10.8 Å². The number of nitrogens with zero attached hydrogens (tertiary/aromatic N) is 1. The summed E-state index contributed by atoms with van der Waals surface area (Å²) < 4.78 is 26.7. The predicted octanol–water partition coefficient (Wildman–Crippen LogP) is 2.27. The minimum Gasteiger partial charge on any atom is -0.390 e. The van der Waals surface area contributed by atoms with Gasteiger partial charge in [0.1, 0.15) is 0 Å². The van der Waals surface area contributed by atoms with E-state index in [1.54, 1.807) is 18.2 Å². The zero-order valence-corrected chi connectivity index (χ0v) is 12.7. The van der Waals surface area contributed by atoms with E-state index in [0.29, 0.717) is 18.1 Å². The van der Waals surface area contributed by atoms with E-state index >= 15 is 0 Å². The van der Waals surface area contributed by atoms with Crippen LogP contribution in [0.15, 0.2) is 29.2 Å². The fraction of sp³-hybridized carbons (Fsp3) is 0.571. The van der Waals surface area contributed by atoms with Crippen LogP contribution < -0.4 is 0 Å². The van der Waals surface area contributed by atoms with E-state index in [1.807, 2.05) is 0 Å². The number of halogens is 1. The molecule has 1 aromatic carbocycles. The molecule has 1 aliphatic heterocycles. The average molecular weight is 316 g/mol. The lowest BCUT2D eigenvalue weighted by Crippen LogP contribution is -2.44. The molecule has 3 rings (SSSR count). The Morgan fingerprint density at radius 3 is 2.75 bits per heavy atom. The van der Waals surface area contributed by atoms with Gasteiger partial charge in [-0.1, -0.05) is 17.7 Å². The summed E-state index contributed by atoms with van der Waals surface area (Å²) in [7, 11) is -3.51. The number of piperidine rings is 1. The van der Waals surface area contributed by atoms with Crippen LogP contribution >= 0.6 is 11.6 Å². The van der Waals surface area contributed by atoms with Gasteiger partial charge in [0.2, 0.25) is 10.0 Å². The third-order valence-electron chi connectivity index (χ3n) is 4.34. The van der Waals surface area contributed by atoms with Gasteiger partial charge in [-0.25, -0.2) is 8.42 Å². The summed E-state index contributed by atoms with van der Waals surface area (Å²) in [6.45, 7) is 0.923. The number of aliphatic hydroxyl groups is 1. The van der Waals surface area contributed by atoms with Gasteiger partial charge in [-0.15, -0.1) is 0 Å². The molecule has 0 amide bonds. The number of hydrogen-bond donors (Lipinski definition) is 1. The van der Waals surface area contributed by atoms with Gasteiger partial charge in [-0.3, -0.25) is 0 Å². The standard InChI is InChI=1S/C14H18ClNO3S/c15-12-4-1-5-13(9-12)20(18,19)16-8-2-3-11(10-16)14(17)6-7-14/h1,4-5,9,11,17H,2-3,6-8,10H2. The second-order valence-electron chi connectivity index (χ2n) is 5.76. The van der Waals surface area contributed by atoms with Crippen LogP contribution in [0.3, 0.4) is 0 Å². The van der Waals surface area contributed by atoms with Crippen LogP contribution in [0.25, 0.3) is 0 Å². The van der Waals surface area contributed by atoms with Crippen molar-refractivity contribution in [3.8, 4) is 0 Å². The highest BCUT2D eigenvalue weighted by atomic mass is 35.5. The number of benzene rings is 1. The third-order valence-corrected chi connectivity index (χ3v) is 6.44. The minimum atomic E-state index is -3.51. The van der Waals surface area contributed by atoms with Gasteiger partial charge in [0.25, 0.3) is 0 Å². The molecule has 0 aromatic heterocycles. The number of sulfonamides is 1. The SMILES string of the molecule is O=S(=O)(c1cccc(Cl)c1)N1CCCC(C2(O)CC2)C1. The molecule has 1 aliphatic carbocycles. The van der Waals surface area contributed by atoms with Crippen LogP contribution in [0.4, 0.5) is 0 Å². The van der Waals surface area contributed by atoms with Crippen molar-refractivity contribution in [3.63, 3.8) is 0 Å². The molecule has 1 aromatic rings. The van der Waals surface area contributed by atoms with Crippen molar-refractivity contribution in [3.05, 3.63) is 29.3 Å². The lowest BCUT2D eigenvalue weighted by Gasteiger charge is -2.34. The molecule has 2 fully saturated rings. The van der Waals surface area contributed by atoms with Gasteiger partial charge in [0, 0.05) is 24.0 Å². The summed E-state index contributed by atoms with van der Waals surface area (Å²) >= 11 is 5.88. The molecule has 1 heterocycles. The molecule has 2 aliphatic rings. The normalized spacial score (nSPS) is 26.4. The highest BCUT2D eigenvalue weighted by Gasteiger charge is 2.49. The van der Waals surface area contributed by atoms with E-state index in [1.165, 1.54) is 10.4 Å². The fourth-order valence-electron chi connectivity index (χ4n) is 2.91. The Labute approximate surface area is 124 Å². The molecular weight excluding hydrogens is 298 g/mol. The lowest BCUT2D eigenvalue weighted by atomic mass is 9.92. The molecule has 110 valence electrons. The van der Waals surface area contributed by atoms with Gasteiger partial charge in [0.05, 0.1) is 10.5 Å². The van der Waals surface area contributed by atoms with Gasteiger partial charge in [-0.2, -0.15) is 4.31 Å². The first-order valence-corrected chi connectivity index (χ1v) is 8.72. The number of hydrogen-bond acceptors (Lipinski definition) is 3. The van der Waals surface area contributed by atoms with Crippen LogP contribution in [-0.2, 0) is 10.0 Å². The molecule has 0 radical (unpaired) electrons. The maximum Gasteiger partial charge on any atom is 0.243 e. The molecule has 20 heavy (non-hydrogen) atoms. The average Bonchev–Trinajstić information content (AvgIpc) is 3.18. The van der Waals surface area contributed by atoms with E-state index in [2.05, 4.69) is 0 Å². The molecule has 0 bridgehead atoms. The highest BCUT2D eigenvalue weighted by Crippen LogP contribution is 2.46. The van der Waals surface area contributed by atoms with E-state index in [0.717, 1.165) is 25.7 Å². The molecule has 6 heteroatoms. The second-order valence-corrected chi connectivity index (χ2v) is 8.14. The van der Waals surface area contributed by atoms with Crippen molar-refractivity contribution in [1.82, 2.24) is 4.31 Å². The maximum atomic E-state index is 12.6. The molecule has 1 N–H and O–H groups in total. The van der Waals surface area contributed by atoms with Gasteiger partial charge < -0.3 is 5.11 Å². The monoisotopic (exact) mass is 315 g/mol. The van der Waals surface area contributed by atoms with Gasteiger partial charge in [0.15, 0.2) is 0 Å². The van der Waals surface area contributed by atoms with Crippen LogP contribution in [0.5, 0.6) is 0 Å². The predicted molar refractivity (Wildman–Crippen MR) is 77.1 cm³/mol. The van der Waals surface area contributed by atoms with Crippen molar-refractivity contribution in [2.75, 3.05) is 13.1 Å². The summed E-state index contributed by atoms with van der Waals surface area (Å²) in [6, 6.07) is 6.35. The summed E-state index contributed by atoms with van der Waals surface area (Å²) in [6.07, 6.45) is 3.29. The Morgan fingerprint density at radius 1 is 1.35 bits per heavy atom. The maximum absolute atomic E-state index is 12.6. The van der Waals surface area contributed by atoms with Crippen LogP contribution in [0.1, 0.15) is 25.7 Å². The van der Waals surface area contributed by atoms with E-state index < -0.39 is 15.6 Å². The lowest BCUT2D eigenvalue weighted by molar-refractivity contribution is 0.0514. The van der Waals surface area contributed by atoms with E-state index in [4.69, 9.17) is 11.6 Å². The molecule has 0 spiro atoms. The molecule has 1 saturated carbocycles. The first-order chi connectivity index (χ1) is 9.42. The van der Waals surface area contributed by atoms with Crippen molar-refractivity contribution in [2.45, 2.75) is 36.2 Å². The minimum absolute atomic E-state index is 0.0604. The molecular formula is C14H18ClNO3S. The quantitative estimate of drug-likeness (QED) is 0.931. The van der Waals surface area contributed by atoms with Crippen molar-refractivity contribution in [2.24, 2.45) is 5.92 Å². The van der Waals surface area contributed by atoms with Gasteiger partial charge in [-0.05, 0) is 43.9 Å². The van der Waals surface area contributed by atoms with Crippen molar-refractivity contribution >= 4 is 21.6 Å².